The smallest absolute Gasteiger partial charge is 0.0553 e. The normalized spacial score (nSPS) is 13.0. The van der Waals surface area contributed by atoms with Crippen LogP contribution in [0.2, 0.25) is 0 Å². The van der Waals surface area contributed by atoms with E-state index >= 15 is 0 Å². The number of rotatable bonds is 6. The predicted molar refractivity (Wildman–Crippen MR) is 266 cm³/mol. The summed E-state index contributed by atoms with van der Waals surface area (Å²) >= 11 is 0. The molecule has 2 heteroatoms. The summed E-state index contributed by atoms with van der Waals surface area (Å²) in [6, 6.07) is 80.8. The summed E-state index contributed by atoms with van der Waals surface area (Å²) in [6.07, 6.45) is 0. The average molecular weight is 803 g/mol. The molecule has 0 aliphatic heterocycles. The van der Waals surface area contributed by atoms with Crippen molar-refractivity contribution in [2.45, 2.75) is 19.3 Å². The molecule has 0 N–H and O–H groups in total. The highest BCUT2D eigenvalue weighted by Gasteiger charge is 2.36. The van der Waals surface area contributed by atoms with Crippen LogP contribution in [0.4, 0.5) is 17.1 Å². The van der Waals surface area contributed by atoms with Crippen LogP contribution in [0.1, 0.15) is 25.0 Å². The number of benzene rings is 10. The van der Waals surface area contributed by atoms with Gasteiger partial charge in [-0.25, -0.2) is 0 Å². The molecule has 0 atom stereocenters. The second-order valence-corrected chi connectivity index (χ2v) is 17.7. The van der Waals surface area contributed by atoms with Gasteiger partial charge in [0.2, 0.25) is 0 Å². The zero-order valence-corrected chi connectivity index (χ0v) is 35.2. The quantitative estimate of drug-likeness (QED) is 0.163. The molecular formula is C61H42N2. The molecule has 0 radical (unpaired) electrons. The third-order valence-corrected chi connectivity index (χ3v) is 13.9. The highest BCUT2D eigenvalue weighted by Crippen LogP contribution is 2.52. The highest BCUT2D eigenvalue weighted by molar-refractivity contribution is 6.31. The van der Waals surface area contributed by atoms with E-state index in [4.69, 9.17) is 0 Å². The number of anilines is 3. The van der Waals surface area contributed by atoms with E-state index in [1.54, 1.807) is 0 Å². The molecule has 10 aromatic carbocycles. The third kappa shape index (κ3) is 5.31. The van der Waals surface area contributed by atoms with E-state index in [9.17, 15) is 0 Å². The fourth-order valence-electron chi connectivity index (χ4n) is 10.9. The zero-order chi connectivity index (χ0) is 41.8. The lowest BCUT2D eigenvalue weighted by molar-refractivity contribution is 0.660. The summed E-state index contributed by atoms with van der Waals surface area (Å²) in [7, 11) is 0. The minimum Gasteiger partial charge on any atom is -0.310 e. The van der Waals surface area contributed by atoms with Crippen molar-refractivity contribution in [3.63, 3.8) is 0 Å². The molecule has 2 nitrogen and oxygen atoms in total. The van der Waals surface area contributed by atoms with Crippen molar-refractivity contribution in [3.8, 4) is 61.3 Å². The van der Waals surface area contributed by atoms with E-state index in [1.807, 2.05) is 0 Å². The van der Waals surface area contributed by atoms with Crippen LogP contribution in [0.5, 0.6) is 0 Å². The van der Waals surface area contributed by atoms with Gasteiger partial charge in [0.15, 0.2) is 0 Å². The van der Waals surface area contributed by atoms with Gasteiger partial charge in [-0.2, -0.15) is 0 Å². The van der Waals surface area contributed by atoms with Gasteiger partial charge in [0.25, 0.3) is 0 Å². The van der Waals surface area contributed by atoms with Crippen molar-refractivity contribution in [1.29, 1.82) is 0 Å². The van der Waals surface area contributed by atoms with Crippen LogP contribution in [0.25, 0.3) is 93.9 Å². The maximum absolute atomic E-state index is 2.49. The van der Waals surface area contributed by atoms with Crippen molar-refractivity contribution in [2.24, 2.45) is 0 Å². The number of nitrogens with zero attached hydrogens (tertiary/aromatic N) is 2. The van der Waals surface area contributed by atoms with Gasteiger partial charge >= 0.3 is 0 Å². The van der Waals surface area contributed by atoms with Crippen LogP contribution in [0, 0.1) is 0 Å². The summed E-state index contributed by atoms with van der Waals surface area (Å²) in [5.74, 6) is 0. The standard InChI is InChI=1S/C61H42N2/c1-61(2)54-23-12-11-21-50(54)51-34-33-47(38-55(51)61)62(44-17-7-4-8-18-44)45-29-24-40(25-30-45)41-26-31-46(32-27-41)63-56-35-28-42-16-13-22-52-48-19-9-10-20-49(48)53-36-43(39-14-5-3-6-15-39)37-57(63)59(53)60(56)58(42)52/h3-38H,1-2H3. The van der Waals surface area contributed by atoms with E-state index in [-0.39, 0.29) is 5.41 Å². The van der Waals surface area contributed by atoms with Crippen molar-refractivity contribution in [3.05, 3.63) is 230 Å². The first-order valence-corrected chi connectivity index (χ1v) is 22.0. The summed E-state index contributed by atoms with van der Waals surface area (Å²) in [6.45, 7) is 4.70. The molecule has 1 aromatic heterocycles. The van der Waals surface area contributed by atoms with Gasteiger partial charge in [-0.15, -0.1) is 0 Å². The Morgan fingerprint density at radius 3 is 1.68 bits per heavy atom. The molecule has 0 saturated heterocycles. The molecule has 63 heavy (non-hydrogen) atoms. The van der Waals surface area contributed by atoms with Gasteiger partial charge in [-0.3, -0.25) is 0 Å². The van der Waals surface area contributed by atoms with Gasteiger partial charge in [0.1, 0.15) is 0 Å². The SMILES string of the molecule is CC1(C)c2ccccc2-c2ccc(N(c3ccccc3)c3ccc(-c4ccc(-n5c6cc(-c7ccccc7)cc7c6c6c8c(cccc8ccc65)-c5ccccc5-7)cc4)cc3)cc21. The van der Waals surface area contributed by atoms with Gasteiger partial charge < -0.3 is 9.47 Å². The van der Waals surface area contributed by atoms with Crippen LogP contribution in [0.3, 0.4) is 0 Å². The number of hydrogen-bond donors (Lipinski definition) is 0. The molecule has 11 aromatic rings. The summed E-state index contributed by atoms with van der Waals surface area (Å²) in [5.41, 5.74) is 22.3. The molecule has 0 fully saturated rings. The molecule has 0 unspecified atom stereocenters. The molecular weight excluding hydrogens is 761 g/mol. The van der Waals surface area contributed by atoms with Crippen LogP contribution < -0.4 is 4.90 Å². The highest BCUT2D eigenvalue weighted by atomic mass is 15.1. The number of aromatic nitrogens is 1. The second kappa shape index (κ2) is 13.5. The summed E-state index contributed by atoms with van der Waals surface area (Å²) in [5, 5.41) is 5.23. The topological polar surface area (TPSA) is 8.17 Å². The van der Waals surface area contributed by atoms with Gasteiger partial charge in [0.05, 0.1) is 11.0 Å². The summed E-state index contributed by atoms with van der Waals surface area (Å²) in [4.78, 5) is 2.38. The molecule has 0 amide bonds. The van der Waals surface area contributed by atoms with Crippen molar-refractivity contribution in [1.82, 2.24) is 4.57 Å². The minimum absolute atomic E-state index is 0.0797. The Morgan fingerprint density at radius 2 is 0.921 bits per heavy atom. The van der Waals surface area contributed by atoms with E-state index < -0.39 is 0 Å². The first-order valence-electron chi connectivity index (χ1n) is 22.0. The van der Waals surface area contributed by atoms with Crippen LogP contribution in [0.15, 0.2) is 218 Å². The lowest BCUT2D eigenvalue weighted by Crippen LogP contribution is -2.16. The maximum atomic E-state index is 2.49. The number of fused-ring (bicyclic) bond motifs is 6. The fraction of sp³-hybridized carbons (Fsp3) is 0.0492. The van der Waals surface area contributed by atoms with Crippen LogP contribution >= 0.6 is 0 Å². The molecule has 1 heterocycles. The maximum Gasteiger partial charge on any atom is 0.0553 e. The molecule has 2 aliphatic carbocycles. The summed E-state index contributed by atoms with van der Waals surface area (Å²) < 4.78 is 2.49. The van der Waals surface area contributed by atoms with Crippen molar-refractivity contribution >= 4 is 49.6 Å². The molecule has 13 rings (SSSR count). The third-order valence-electron chi connectivity index (χ3n) is 13.9. The van der Waals surface area contributed by atoms with Crippen molar-refractivity contribution in [2.75, 3.05) is 4.90 Å². The molecule has 0 bridgehead atoms. The lowest BCUT2D eigenvalue weighted by atomic mass is 9.82. The number of para-hydroxylation sites is 1. The van der Waals surface area contributed by atoms with E-state index in [0.29, 0.717) is 0 Å². The largest absolute Gasteiger partial charge is 0.310 e. The Labute approximate surface area is 367 Å². The fourth-order valence-corrected chi connectivity index (χ4v) is 10.9. The minimum atomic E-state index is -0.0797. The Bertz CT molecular complexity index is 3610. The Hall–Kier alpha value is -7.94. The Balaban J connectivity index is 0.925. The molecule has 0 saturated carbocycles. The first-order chi connectivity index (χ1) is 31.0. The average Bonchev–Trinajstić information content (AvgIpc) is 3.75. The lowest BCUT2D eigenvalue weighted by Gasteiger charge is -2.28. The van der Waals surface area contributed by atoms with Gasteiger partial charge in [-0.05, 0) is 144 Å². The van der Waals surface area contributed by atoms with Crippen LogP contribution in [-0.2, 0) is 5.41 Å². The molecule has 2 aliphatic rings. The van der Waals surface area contributed by atoms with E-state index in [2.05, 4.69) is 242 Å². The number of hydrogen-bond acceptors (Lipinski definition) is 1. The predicted octanol–water partition coefficient (Wildman–Crippen LogP) is 16.7. The molecule has 296 valence electrons. The Kier molecular flexibility index (Phi) is 7.68. The zero-order valence-electron chi connectivity index (χ0n) is 35.2. The van der Waals surface area contributed by atoms with E-state index in [0.717, 1.165) is 22.7 Å². The van der Waals surface area contributed by atoms with Gasteiger partial charge in [0, 0.05) is 38.9 Å². The Morgan fingerprint density at radius 1 is 0.333 bits per heavy atom. The first kappa shape index (κ1) is 35.8. The van der Waals surface area contributed by atoms with Crippen molar-refractivity contribution < 1.29 is 0 Å². The van der Waals surface area contributed by atoms with E-state index in [1.165, 1.54) is 99.3 Å². The monoisotopic (exact) mass is 802 g/mol. The second-order valence-electron chi connectivity index (χ2n) is 17.7. The van der Waals surface area contributed by atoms with Gasteiger partial charge in [-0.1, -0.05) is 166 Å². The molecule has 0 spiro atoms. The van der Waals surface area contributed by atoms with Crippen LogP contribution in [-0.4, -0.2) is 4.57 Å².